The summed E-state index contributed by atoms with van der Waals surface area (Å²) in [6.45, 7) is 2.77. The summed E-state index contributed by atoms with van der Waals surface area (Å²) in [5.41, 5.74) is 1.29. The Morgan fingerprint density at radius 3 is 2.14 bits per heavy atom. The Morgan fingerprint density at radius 2 is 1.50 bits per heavy atom. The number of carbonyl (C=O) groups excluding carboxylic acids is 2. The highest BCUT2D eigenvalue weighted by atomic mass is 16.2. The highest BCUT2D eigenvalue weighted by molar-refractivity contribution is 5.78. The second-order valence-corrected chi connectivity index (χ2v) is 8.78. The van der Waals surface area contributed by atoms with E-state index in [-0.39, 0.29) is 5.91 Å². The van der Waals surface area contributed by atoms with Crippen LogP contribution in [0, 0.1) is 5.92 Å². The zero-order valence-electron chi connectivity index (χ0n) is 16.8. The fourth-order valence-electron chi connectivity index (χ4n) is 5.17. The van der Waals surface area contributed by atoms with Crippen LogP contribution in [0.4, 0.5) is 0 Å². The van der Waals surface area contributed by atoms with Crippen molar-refractivity contribution in [2.75, 3.05) is 26.2 Å². The molecule has 2 bridgehead atoms. The molecule has 0 saturated carbocycles. The third-order valence-electron chi connectivity index (χ3n) is 6.72. The zero-order chi connectivity index (χ0) is 19.3. The van der Waals surface area contributed by atoms with Gasteiger partial charge in [0.15, 0.2) is 0 Å². The summed E-state index contributed by atoms with van der Waals surface area (Å²) in [7, 11) is 0. The van der Waals surface area contributed by atoms with Gasteiger partial charge in [-0.25, -0.2) is 0 Å². The first-order valence-electron chi connectivity index (χ1n) is 11.0. The van der Waals surface area contributed by atoms with E-state index in [0.717, 1.165) is 25.7 Å². The van der Waals surface area contributed by atoms with Crippen molar-refractivity contribution in [3.05, 3.63) is 35.9 Å². The molecule has 5 heteroatoms. The fraction of sp³-hybridized carbons (Fsp3) is 0.652. The van der Waals surface area contributed by atoms with E-state index in [1.165, 1.54) is 18.4 Å². The van der Waals surface area contributed by atoms with Gasteiger partial charge in [-0.2, -0.15) is 0 Å². The lowest BCUT2D eigenvalue weighted by atomic mass is 9.89. The van der Waals surface area contributed by atoms with E-state index in [4.69, 9.17) is 0 Å². The number of amides is 2. The van der Waals surface area contributed by atoms with Crippen LogP contribution in [0.25, 0.3) is 0 Å². The minimum Gasteiger partial charge on any atom is -0.339 e. The predicted molar refractivity (Wildman–Crippen MR) is 110 cm³/mol. The molecule has 3 aliphatic rings. The van der Waals surface area contributed by atoms with Gasteiger partial charge in [0.25, 0.3) is 0 Å². The summed E-state index contributed by atoms with van der Waals surface area (Å²) in [5, 5.41) is 3.65. The van der Waals surface area contributed by atoms with Crippen LogP contribution in [-0.4, -0.2) is 59.9 Å². The molecule has 3 aliphatic heterocycles. The number of aryl methyl sites for hydroxylation is 1. The number of carbonyl (C=O) groups is 2. The normalized spacial score (nSPS) is 27.1. The Balaban J connectivity index is 1.15. The predicted octanol–water partition coefficient (Wildman–Crippen LogP) is 2.60. The molecule has 1 aromatic rings. The Bertz CT molecular complexity index is 658. The van der Waals surface area contributed by atoms with E-state index in [0.29, 0.717) is 62.9 Å². The smallest absolute Gasteiger partial charge is 0.222 e. The highest BCUT2D eigenvalue weighted by Crippen LogP contribution is 2.33. The molecule has 28 heavy (non-hydrogen) atoms. The van der Waals surface area contributed by atoms with Crippen molar-refractivity contribution in [1.82, 2.24) is 15.1 Å². The third-order valence-corrected chi connectivity index (χ3v) is 6.72. The average molecular weight is 384 g/mol. The monoisotopic (exact) mass is 383 g/mol. The van der Waals surface area contributed by atoms with Gasteiger partial charge in [-0.3, -0.25) is 9.59 Å². The molecule has 2 atom stereocenters. The molecule has 0 aromatic heterocycles. The number of piperazine rings is 1. The minimum absolute atomic E-state index is 0.234. The second kappa shape index (κ2) is 9.08. The lowest BCUT2D eigenvalue weighted by Gasteiger charge is -2.36. The first-order chi connectivity index (χ1) is 13.7. The van der Waals surface area contributed by atoms with Crippen molar-refractivity contribution in [1.29, 1.82) is 0 Å². The molecule has 0 aliphatic carbocycles. The van der Waals surface area contributed by atoms with Crippen LogP contribution >= 0.6 is 0 Å². The van der Waals surface area contributed by atoms with Crippen LogP contribution in [-0.2, 0) is 16.0 Å². The summed E-state index contributed by atoms with van der Waals surface area (Å²) in [6, 6.07) is 11.6. The van der Waals surface area contributed by atoms with Crippen molar-refractivity contribution in [2.24, 2.45) is 5.92 Å². The van der Waals surface area contributed by atoms with Crippen LogP contribution in [0.1, 0.15) is 50.5 Å². The van der Waals surface area contributed by atoms with E-state index in [9.17, 15) is 9.59 Å². The molecule has 1 N–H and O–H groups in total. The number of nitrogens with zero attached hydrogens (tertiary/aromatic N) is 2. The maximum Gasteiger partial charge on any atom is 0.222 e. The molecule has 3 fully saturated rings. The molecular formula is C23H33N3O2. The third kappa shape index (κ3) is 4.93. The number of hydrogen-bond donors (Lipinski definition) is 1. The van der Waals surface area contributed by atoms with Gasteiger partial charge in [0.2, 0.25) is 11.8 Å². The Morgan fingerprint density at radius 1 is 0.893 bits per heavy atom. The average Bonchev–Trinajstić information content (AvgIpc) is 3.07. The Kier molecular flexibility index (Phi) is 6.30. The van der Waals surface area contributed by atoms with Crippen molar-refractivity contribution >= 4 is 11.8 Å². The minimum atomic E-state index is 0.234. The van der Waals surface area contributed by atoms with E-state index < -0.39 is 0 Å². The van der Waals surface area contributed by atoms with Gasteiger partial charge in [-0.15, -0.1) is 0 Å². The van der Waals surface area contributed by atoms with Crippen molar-refractivity contribution in [3.63, 3.8) is 0 Å². The van der Waals surface area contributed by atoms with Crippen molar-refractivity contribution in [2.45, 2.75) is 63.5 Å². The number of hydrogen-bond acceptors (Lipinski definition) is 3. The molecular weight excluding hydrogens is 350 g/mol. The van der Waals surface area contributed by atoms with Gasteiger partial charge in [0, 0.05) is 51.1 Å². The quantitative estimate of drug-likeness (QED) is 0.822. The topological polar surface area (TPSA) is 52.7 Å². The molecule has 3 heterocycles. The van der Waals surface area contributed by atoms with E-state index in [1.807, 2.05) is 28.0 Å². The van der Waals surface area contributed by atoms with Crippen molar-refractivity contribution < 1.29 is 9.59 Å². The maximum absolute atomic E-state index is 12.7. The first kappa shape index (κ1) is 19.4. The van der Waals surface area contributed by atoms with Crippen LogP contribution in [0.5, 0.6) is 0 Å². The molecule has 4 rings (SSSR count). The Labute approximate surface area is 168 Å². The largest absolute Gasteiger partial charge is 0.339 e. The van der Waals surface area contributed by atoms with Crippen LogP contribution in [0.15, 0.2) is 30.3 Å². The van der Waals surface area contributed by atoms with Gasteiger partial charge in [0.05, 0.1) is 0 Å². The van der Waals surface area contributed by atoms with Crippen LogP contribution in [0.3, 0.4) is 0 Å². The van der Waals surface area contributed by atoms with Gasteiger partial charge in [-0.05, 0) is 50.0 Å². The van der Waals surface area contributed by atoms with Crippen LogP contribution < -0.4 is 5.32 Å². The molecule has 2 amide bonds. The SMILES string of the molecule is O=C(CCCc1ccccc1)N1CCN(C(=O)CC2CC3CCC(C2)N3)CC1. The number of nitrogens with one attached hydrogen (secondary N) is 1. The number of piperidine rings is 1. The maximum atomic E-state index is 12.7. The fourth-order valence-corrected chi connectivity index (χ4v) is 5.17. The summed E-state index contributed by atoms with van der Waals surface area (Å²) in [6.07, 6.45) is 7.99. The zero-order valence-corrected chi connectivity index (χ0v) is 16.8. The molecule has 2 unspecified atom stereocenters. The standard InChI is InChI=1S/C23H33N3O2/c27-22(8-4-7-18-5-2-1-3-6-18)25-11-13-26(14-12-25)23(28)17-19-15-20-9-10-21(16-19)24-20/h1-3,5-6,19-21,24H,4,7-17H2. The lowest BCUT2D eigenvalue weighted by molar-refractivity contribution is -0.140. The van der Waals surface area contributed by atoms with E-state index in [1.54, 1.807) is 0 Å². The van der Waals surface area contributed by atoms with Gasteiger partial charge < -0.3 is 15.1 Å². The van der Waals surface area contributed by atoms with Gasteiger partial charge in [-0.1, -0.05) is 30.3 Å². The Hall–Kier alpha value is -1.88. The van der Waals surface area contributed by atoms with Crippen molar-refractivity contribution in [3.8, 4) is 0 Å². The molecule has 152 valence electrons. The summed E-state index contributed by atoms with van der Waals surface area (Å²) >= 11 is 0. The van der Waals surface area contributed by atoms with Crippen LogP contribution in [0.2, 0.25) is 0 Å². The van der Waals surface area contributed by atoms with E-state index in [2.05, 4.69) is 17.4 Å². The molecule has 0 spiro atoms. The second-order valence-electron chi connectivity index (χ2n) is 8.78. The summed E-state index contributed by atoms with van der Waals surface area (Å²) in [5.74, 6) is 1.07. The molecule has 0 radical (unpaired) electrons. The highest BCUT2D eigenvalue weighted by Gasteiger charge is 2.35. The summed E-state index contributed by atoms with van der Waals surface area (Å²) in [4.78, 5) is 29.1. The number of benzene rings is 1. The molecule has 3 saturated heterocycles. The van der Waals surface area contributed by atoms with Gasteiger partial charge in [0.1, 0.15) is 0 Å². The summed E-state index contributed by atoms with van der Waals surface area (Å²) < 4.78 is 0. The lowest BCUT2D eigenvalue weighted by Crippen LogP contribution is -2.51. The molecule has 1 aromatic carbocycles. The number of fused-ring (bicyclic) bond motifs is 2. The van der Waals surface area contributed by atoms with Gasteiger partial charge >= 0.3 is 0 Å². The number of rotatable bonds is 6. The first-order valence-corrected chi connectivity index (χ1v) is 11.0. The molecule has 5 nitrogen and oxygen atoms in total. The van der Waals surface area contributed by atoms with E-state index >= 15 is 0 Å².